The maximum Gasteiger partial charge on any atom is 0.235 e. The maximum absolute atomic E-state index is 13.0. The lowest BCUT2D eigenvalue weighted by atomic mass is 9.94. The number of aryl methyl sites for hydroxylation is 1. The second-order valence-corrected chi connectivity index (χ2v) is 7.50. The predicted octanol–water partition coefficient (Wildman–Crippen LogP) is 4.75. The quantitative estimate of drug-likeness (QED) is 0.550. The van der Waals surface area contributed by atoms with Crippen LogP contribution in [0, 0.1) is 6.92 Å². The molecule has 1 aliphatic carbocycles. The number of anilines is 1. The van der Waals surface area contributed by atoms with Gasteiger partial charge in [0.15, 0.2) is 11.5 Å². The molecule has 1 aliphatic rings. The monoisotopic (exact) mass is 389 g/mol. The van der Waals surface area contributed by atoms with E-state index in [1.807, 2.05) is 49.4 Å². The predicted molar refractivity (Wildman–Crippen MR) is 112 cm³/mol. The average Bonchev–Trinajstić information content (AvgIpc) is 3.52. The molecular formula is C24H23NO4. The molecule has 3 aromatic carbocycles. The number of phenolic OH excluding ortho intramolecular Hbond substituents is 2. The summed E-state index contributed by atoms with van der Waals surface area (Å²) in [6.07, 6.45) is 1.42. The number of amides is 1. The van der Waals surface area contributed by atoms with Gasteiger partial charge in [-0.15, -0.1) is 0 Å². The first-order chi connectivity index (χ1) is 13.9. The number of benzene rings is 3. The molecule has 0 unspecified atom stereocenters. The lowest BCUT2D eigenvalue weighted by molar-refractivity contribution is -0.118. The minimum Gasteiger partial charge on any atom is -0.504 e. The number of methoxy groups -OCH3 is 1. The second-order valence-electron chi connectivity index (χ2n) is 7.50. The van der Waals surface area contributed by atoms with E-state index in [1.54, 1.807) is 13.2 Å². The van der Waals surface area contributed by atoms with Crippen LogP contribution >= 0.6 is 0 Å². The molecule has 0 bridgehead atoms. The number of carbonyl (C=O) groups excluding carboxylic acids is 1. The summed E-state index contributed by atoms with van der Waals surface area (Å²) >= 11 is 0. The van der Waals surface area contributed by atoms with Crippen molar-refractivity contribution in [3.8, 4) is 28.4 Å². The van der Waals surface area contributed by atoms with Gasteiger partial charge in [-0.25, -0.2) is 0 Å². The molecule has 3 N–H and O–H groups in total. The molecule has 4 rings (SSSR count). The maximum atomic E-state index is 13.0. The Labute approximate surface area is 169 Å². The highest BCUT2D eigenvalue weighted by atomic mass is 16.5. The van der Waals surface area contributed by atoms with E-state index in [1.165, 1.54) is 12.1 Å². The van der Waals surface area contributed by atoms with Crippen molar-refractivity contribution >= 4 is 11.6 Å². The van der Waals surface area contributed by atoms with Gasteiger partial charge >= 0.3 is 0 Å². The van der Waals surface area contributed by atoms with Crippen LogP contribution in [0.15, 0.2) is 60.7 Å². The van der Waals surface area contributed by atoms with Gasteiger partial charge in [0, 0.05) is 5.69 Å². The van der Waals surface area contributed by atoms with Gasteiger partial charge in [0.2, 0.25) is 5.91 Å². The van der Waals surface area contributed by atoms with Crippen LogP contribution in [0.2, 0.25) is 0 Å². The summed E-state index contributed by atoms with van der Waals surface area (Å²) in [4.78, 5) is 13.0. The topological polar surface area (TPSA) is 78.8 Å². The van der Waals surface area contributed by atoms with Crippen LogP contribution in [-0.2, 0) is 10.2 Å². The Kier molecular flexibility index (Phi) is 4.66. The Balaban J connectivity index is 1.56. The fraction of sp³-hybridized carbons (Fsp3) is 0.208. The van der Waals surface area contributed by atoms with E-state index < -0.39 is 5.41 Å². The van der Waals surface area contributed by atoms with Gasteiger partial charge in [0.05, 0.1) is 12.5 Å². The Morgan fingerprint density at radius 2 is 1.79 bits per heavy atom. The molecule has 29 heavy (non-hydrogen) atoms. The number of aromatic hydroxyl groups is 2. The van der Waals surface area contributed by atoms with Crippen LogP contribution in [-0.4, -0.2) is 23.2 Å². The standard InChI is InChI=1S/C24H23NO4/c1-15-12-18(7-8-20(15)16-4-3-5-19(13-16)29-2)25-23(28)24(10-11-24)17-6-9-21(26)22(27)14-17/h3-9,12-14,26-27H,10-11H2,1-2H3,(H,25,28). The summed E-state index contributed by atoms with van der Waals surface area (Å²) in [5, 5.41) is 22.3. The molecule has 0 radical (unpaired) electrons. The first-order valence-electron chi connectivity index (χ1n) is 9.52. The van der Waals surface area contributed by atoms with Gasteiger partial charge in [-0.2, -0.15) is 0 Å². The minimum atomic E-state index is -0.648. The van der Waals surface area contributed by atoms with E-state index in [0.717, 1.165) is 33.7 Å². The Bertz CT molecular complexity index is 1090. The summed E-state index contributed by atoms with van der Waals surface area (Å²) in [6, 6.07) is 18.3. The third-order valence-corrected chi connectivity index (χ3v) is 5.58. The molecule has 1 fully saturated rings. The van der Waals surface area contributed by atoms with Gasteiger partial charge in [0.25, 0.3) is 0 Å². The first-order valence-corrected chi connectivity index (χ1v) is 9.52. The second kappa shape index (κ2) is 7.17. The third kappa shape index (κ3) is 3.51. The van der Waals surface area contributed by atoms with Crippen LogP contribution in [0.1, 0.15) is 24.0 Å². The van der Waals surface area contributed by atoms with Crippen molar-refractivity contribution in [2.24, 2.45) is 0 Å². The van der Waals surface area contributed by atoms with E-state index in [2.05, 4.69) is 5.32 Å². The van der Waals surface area contributed by atoms with Crippen LogP contribution in [0.4, 0.5) is 5.69 Å². The molecule has 0 spiro atoms. The number of ether oxygens (including phenoxy) is 1. The van der Waals surface area contributed by atoms with Crippen LogP contribution in [0.25, 0.3) is 11.1 Å². The van der Waals surface area contributed by atoms with E-state index >= 15 is 0 Å². The van der Waals surface area contributed by atoms with Gasteiger partial charge < -0.3 is 20.3 Å². The molecular weight excluding hydrogens is 366 g/mol. The van der Waals surface area contributed by atoms with E-state index in [-0.39, 0.29) is 17.4 Å². The van der Waals surface area contributed by atoms with Gasteiger partial charge in [0.1, 0.15) is 5.75 Å². The third-order valence-electron chi connectivity index (χ3n) is 5.58. The van der Waals surface area contributed by atoms with Crippen molar-refractivity contribution in [2.45, 2.75) is 25.2 Å². The smallest absolute Gasteiger partial charge is 0.235 e. The number of carbonyl (C=O) groups is 1. The number of hydrogen-bond acceptors (Lipinski definition) is 4. The molecule has 3 aromatic rings. The Morgan fingerprint density at radius 3 is 2.45 bits per heavy atom. The average molecular weight is 389 g/mol. The Morgan fingerprint density at radius 1 is 1.00 bits per heavy atom. The lowest BCUT2D eigenvalue weighted by Gasteiger charge is -2.17. The number of phenols is 2. The normalized spacial score (nSPS) is 14.3. The summed E-state index contributed by atoms with van der Waals surface area (Å²) in [6.45, 7) is 2.01. The molecule has 5 nitrogen and oxygen atoms in total. The van der Waals surface area contributed by atoms with Crippen molar-refractivity contribution in [1.29, 1.82) is 0 Å². The molecule has 148 valence electrons. The molecule has 0 atom stereocenters. The van der Waals surface area contributed by atoms with E-state index in [9.17, 15) is 15.0 Å². The molecule has 1 saturated carbocycles. The summed E-state index contributed by atoms with van der Waals surface area (Å²) in [5.41, 5.74) is 3.97. The molecule has 0 aliphatic heterocycles. The van der Waals surface area contributed by atoms with Gasteiger partial charge in [-0.3, -0.25) is 4.79 Å². The molecule has 1 amide bonds. The fourth-order valence-electron chi connectivity index (χ4n) is 3.70. The molecule has 0 heterocycles. The highest BCUT2D eigenvalue weighted by Gasteiger charge is 2.51. The van der Waals surface area contributed by atoms with Gasteiger partial charge in [-0.05, 0) is 78.4 Å². The molecule has 5 heteroatoms. The first kappa shape index (κ1) is 18.9. The van der Waals surface area contributed by atoms with Crippen molar-refractivity contribution in [2.75, 3.05) is 12.4 Å². The van der Waals surface area contributed by atoms with Crippen LogP contribution < -0.4 is 10.1 Å². The van der Waals surface area contributed by atoms with Crippen molar-refractivity contribution in [3.05, 3.63) is 71.8 Å². The zero-order valence-corrected chi connectivity index (χ0v) is 16.4. The minimum absolute atomic E-state index is 0.101. The van der Waals surface area contributed by atoms with Crippen LogP contribution in [0.3, 0.4) is 0 Å². The highest BCUT2D eigenvalue weighted by Crippen LogP contribution is 2.50. The Hall–Kier alpha value is -3.47. The largest absolute Gasteiger partial charge is 0.504 e. The van der Waals surface area contributed by atoms with Crippen molar-refractivity contribution < 1.29 is 19.7 Å². The summed E-state index contributed by atoms with van der Waals surface area (Å²) in [7, 11) is 1.64. The lowest BCUT2D eigenvalue weighted by Crippen LogP contribution is -2.27. The number of nitrogens with one attached hydrogen (secondary N) is 1. The summed E-state index contributed by atoms with van der Waals surface area (Å²) < 4.78 is 5.30. The zero-order valence-electron chi connectivity index (χ0n) is 16.4. The van der Waals surface area contributed by atoms with Gasteiger partial charge in [-0.1, -0.05) is 24.3 Å². The molecule has 0 saturated heterocycles. The molecule has 0 aromatic heterocycles. The van der Waals surface area contributed by atoms with Crippen molar-refractivity contribution in [1.82, 2.24) is 0 Å². The van der Waals surface area contributed by atoms with Crippen LogP contribution in [0.5, 0.6) is 17.2 Å². The number of hydrogen-bond donors (Lipinski definition) is 3. The summed E-state index contributed by atoms with van der Waals surface area (Å²) in [5.74, 6) is 0.303. The van der Waals surface area contributed by atoms with Crippen molar-refractivity contribution in [3.63, 3.8) is 0 Å². The van der Waals surface area contributed by atoms with E-state index in [4.69, 9.17) is 4.74 Å². The number of rotatable bonds is 5. The highest BCUT2D eigenvalue weighted by molar-refractivity contribution is 6.01. The zero-order chi connectivity index (χ0) is 20.6. The SMILES string of the molecule is COc1cccc(-c2ccc(NC(=O)C3(c4ccc(O)c(O)c4)CC3)cc2C)c1. The van der Waals surface area contributed by atoms with E-state index in [0.29, 0.717) is 12.8 Å². The fourth-order valence-corrected chi connectivity index (χ4v) is 3.70.